The summed E-state index contributed by atoms with van der Waals surface area (Å²) >= 11 is 0. The Balaban J connectivity index is 4.19. The van der Waals surface area contributed by atoms with Crippen LogP contribution in [0.4, 0.5) is 0 Å². The van der Waals surface area contributed by atoms with Gasteiger partial charge < -0.3 is 14.2 Å². The van der Waals surface area contributed by atoms with Crippen molar-refractivity contribution in [3.8, 4) is 0 Å². The molecule has 6 nitrogen and oxygen atoms in total. The lowest BCUT2D eigenvalue weighted by atomic mass is 9.99. The lowest BCUT2D eigenvalue weighted by Gasteiger charge is -2.18. The van der Waals surface area contributed by atoms with E-state index in [4.69, 9.17) is 14.2 Å². The number of esters is 3. The van der Waals surface area contributed by atoms with Gasteiger partial charge in [0.25, 0.3) is 0 Å². The molecular weight excluding hydrogens is 781 g/mol. The number of ether oxygens (including phenoxy) is 3. The molecule has 374 valence electrons. The standard InChI is InChI=1S/C57H110O6/c1-6-8-9-10-11-12-13-14-22-25-28-31-37-42-47-55(58)61-50-54(51-62-56(59)48-43-38-34-33-35-40-45-52(3)4)63-57(60)49-44-39-32-29-26-23-20-18-16-15-17-19-21-24-27-30-36-41-46-53(5)7-2/h52-54H,6-51H2,1-5H3/t53?,54-/m1/s1. The fraction of sp³-hybridized carbons (Fsp3) is 0.947. The van der Waals surface area contributed by atoms with Gasteiger partial charge in [0.15, 0.2) is 6.10 Å². The molecule has 0 rings (SSSR count). The van der Waals surface area contributed by atoms with Crippen LogP contribution in [0.5, 0.6) is 0 Å². The van der Waals surface area contributed by atoms with E-state index in [0.717, 1.165) is 69.6 Å². The predicted molar refractivity (Wildman–Crippen MR) is 270 cm³/mol. The van der Waals surface area contributed by atoms with Crippen molar-refractivity contribution in [2.75, 3.05) is 13.2 Å². The van der Waals surface area contributed by atoms with Crippen LogP contribution < -0.4 is 0 Å². The molecule has 0 amide bonds. The van der Waals surface area contributed by atoms with Crippen molar-refractivity contribution in [2.45, 2.75) is 323 Å². The molecule has 0 aliphatic carbocycles. The highest BCUT2D eigenvalue weighted by Crippen LogP contribution is 2.18. The van der Waals surface area contributed by atoms with Crippen molar-refractivity contribution in [1.29, 1.82) is 0 Å². The SMILES string of the molecule is CCCCCCCCCCCCCCCCC(=O)OC[C@H](COC(=O)CCCCCCCCC(C)C)OC(=O)CCCCCCCCCCCCCCCCCCCCC(C)CC. The van der Waals surface area contributed by atoms with E-state index in [-0.39, 0.29) is 31.1 Å². The number of carbonyl (C=O) groups excluding carboxylic acids is 3. The maximum absolute atomic E-state index is 12.8. The van der Waals surface area contributed by atoms with Crippen molar-refractivity contribution in [1.82, 2.24) is 0 Å². The van der Waals surface area contributed by atoms with Gasteiger partial charge in [0.1, 0.15) is 13.2 Å². The molecule has 0 radical (unpaired) electrons. The zero-order valence-corrected chi connectivity index (χ0v) is 43.2. The summed E-state index contributed by atoms with van der Waals surface area (Å²) in [6, 6.07) is 0. The van der Waals surface area contributed by atoms with Gasteiger partial charge in [0.2, 0.25) is 0 Å². The van der Waals surface area contributed by atoms with Gasteiger partial charge in [-0.3, -0.25) is 14.4 Å². The van der Waals surface area contributed by atoms with Crippen LogP contribution in [-0.4, -0.2) is 37.2 Å². The van der Waals surface area contributed by atoms with Crippen LogP contribution in [0.2, 0.25) is 0 Å². The van der Waals surface area contributed by atoms with Gasteiger partial charge in [-0.2, -0.15) is 0 Å². The predicted octanol–water partition coefficient (Wildman–Crippen LogP) is 18.5. The molecule has 0 saturated carbocycles. The van der Waals surface area contributed by atoms with Gasteiger partial charge in [-0.15, -0.1) is 0 Å². The zero-order chi connectivity index (χ0) is 46.1. The highest BCUT2D eigenvalue weighted by molar-refractivity contribution is 5.71. The Morgan fingerprint density at radius 2 is 0.603 bits per heavy atom. The molecule has 0 aliphatic heterocycles. The minimum Gasteiger partial charge on any atom is -0.462 e. The van der Waals surface area contributed by atoms with E-state index in [2.05, 4.69) is 34.6 Å². The van der Waals surface area contributed by atoms with Crippen LogP contribution in [0, 0.1) is 11.8 Å². The quantitative estimate of drug-likeness (QED) is 0.0344. The maximum atomic E-state index is 12.8. The first kappa shape index (κ1) is 61.4. The Kier molecular flexibility index (Phi) is 48.6. The number of hydrogen-bond donors (Lipinski definition) is 0. The Hall–Kier alpha value is -1.59. The van der Waals surface area contributed by atoms with Crippen molar-refractivity contribution in [3.63, 3.8) is 0 Å². The molecule has 6 heteroatoms. The summed E-state index contributed by atoms with van der Waals surface area (Å²) in [6.45, 7) is 11.4. The molecule has 0 N–H and O–H groups in total. The number of rotatable bonds is 51. The van der Waals surface area contributed by atoms with Crippen LogP contribution in [0.3, 0.4) is 0 Å². The number of unbranched alkanes of at least 4 members (excludes halogenated alkanes) is 35. The Bertz CT molecular complexity index is 964. The fourth-order valence-electron chi connectivity index (χ4n) is 8.66. The molecule has 0 heterocycles. The summed E-state index contributed by atoms with van der Waals surface area (Å²) in [5, 5.41) is 0. The molecule has 63 heavy (non-hydrogen) atoms. The molecule has 0 aromatic heterocycles. The van der Waals surface area contributed by atoms with Gasteiger partial charge in [-0.25, -0.2) is 0 Å². The van der Waals surface area contributed by atoms with Gasteiger partial charge in [-0.1, -0.05) is 279 Å². The summed E-state index contributed by atoms with van der Waals surface area (Å²) in [4.78, 5) is 38.0. The lowest BCUT2D eigenvalue weighted by Crippen LogP contribution is -2.30. The first-order chi connectivity index (χ1) is 30.8. The molecule has 1 unspecified atom stereocenters. The molecular formula is C57H110O6. The molecule has 0 spiro atoms. The van der Waals surface area contributed by atoms with Crippen molar-refractivity contribution in [3.05, 3.63) is 0 Å². The van der Waals surface area contributed by atoms with Crippen LogP contribution in [-0.2, 0) is 28.6 Å². The average molecular weight is 892 g/mol. The highest BCUT2D eigenvalue weighted by atomic mass is 16.6. The first-order valence-electron chi connectivity index (χ1n) is 28.3. The Morgan fingerprint density at radius 3 is 0.905 bits per heavy atom. The zero-order valence-electron chi connectivity index (χ0n) is 43.2. The van der Waals surface area contributed by atoms with Crippen molar-refractivity contribution < 1.29 is 28.6 Å². The van der Waals surface area contributed by atoms with E-state index in [1.54, 1.807) is 0 Å². The third-order valence-electron chi connectivity index (χ3n) is 13.3. The van der Waals surface area contributed by atoms with Gasteiger partial charge in [-0.05, 0) is 31.1 Å². The van der Waals surface area contributed by atoms with E-state index in [1.165, 1.54) is 205 Å². The van der Waals surface area contributed by atoms with E-state index in [1.807, 2.05) is 0 Å². The lowest BCUT2D eigenvalue weighted by molar-refractivity contribution is -0.167. The summed E-state index contributed by atoms with van der Waals surface area (Å²) in [5.41, 5.74) is 0. The van der Waals surface area contributed by atoms with Crippen molar-refractivity contribution in [2.24, 2.45) is 11.8 Å². The summed E-state index contributed by atoms with van der Waals surface area (Å²) < 4.78 is 16.8. The number of hydrogen-bond acceptors (Lipinski definition) is 6. The van der Waals surface area contributed by atoms with Gasteiger partial charge in [0.05, 0.1) is 0 Å². The Labute approximate surface area is 393 Å². The summed E-state index contributed by atoms with van der Waals surface area (Å²) in [6.07, 6.45) is 52.5. The minimum atomic E-state index is -0.762. The summed E-state index contributed by atoms with van der Waals surface area (Å²) in [5.74, 6) is 0.825. The van der Waals surface area contributed by atoms with E-state index < -0.39 is 6.10 Å². The second-order valence-corrected chi connectivity index (χ2v) is 20.3. The second kappa shape index (κ2) is 49.8. The van der Waals surface area contributed by atoms with Gasteiger partial charge in [0, 0.05) is 19.3 Å². The first-order valence-corrected chi connectivity index (χ1v) is 28.3. The fourth-order valence-corrected chi connectivity index (χ4v) is 8.66. The third kappa shape index (κ3) is 49.7. The average Bonchev–Trinajstić information content (AvgIpc) is 3.27. The van der Waals surface area contributed by atoms with E-state index in [0.29, 0.717) is 19.3 Å². The molecule has 0 bridgehead atoms. The normalized spacial score (nSPS) is 12.5. The van der Waals surface area contributed by atoms with Crippen molar-refractivity contribution >= 4 is 17.9 Å². The van der Waals surface area contributed by atoms with Gasteiger partial charge >= 0.3 is 17.9 Å². The van der Waals surface area contributed by atoms with Crippen LogP contribution in [0.15, 0.2) is 0 Å². The van der Waals surface area contributed by atoms with E-state index in [9.17, 15) is 14.4 Å². The largest absolute Gasteiger partial charge is 0.462 e. The molecule has 0 fully saturated rings. The summed E-state index contributed by atoms with van der Waals surface area (Å²) in [7, 11) is 0. The highest BCUT2D eigenvalue weighted by Gasteiger charge is 2.19. The topological polar surface area (TPSA) is 78.9 Å². The number of carbonyl (C=O) groups is 3. The third-order valence-corrected chi connectivity index (χ3v) is 13.3. The molecule has 0 aliphatic rings. The van der Waals surface area contributed by atoms with Crippen LogP contribution in [0.1, 0.15) is 317 Å². The van der Waals surface area contributed by atoms with Crippen LogP contribution in [0.25, 0.3) is 0 Å². The van der Waals surface area contributed by atoms with E-state index >= 15 is 0 Å². The molecule has 2 atom stereocenters. The molecule has 0 aromatic carbocycles. The maximum Gasteiger partial charge on any atom is 0.306 e. The monoisotopic (exact) mass is 891 g/mol. The smallest absolute Gasteiger partial charge is 0.306 e. The van der Waals surface area contributed by atoms with Crippen LogP contribution >= 0.6 is 0 Å². The molecule has 0 aromatic rings. The second-order valence-electron chi connectivity index (χ2n) is 20.3. The molecule has 0 saturated heterocycles. The minimum absolute atomic E-state index is 0.0638. The Morgan fingerprint density at radius 1 is 0.333 bits per heavy atom.